The van der Waals surface area contributed by atoms with Gasteiger partial charge < -0.3 is 15.7 Å². The lowest BCUT2D eigenvalue weighted by atomic mass is 10.0. The minimum absolute atomic E-state index is 0.208. The van der Waals surface area contributed by atoms with E-state index >= 15 is 0 Å². The van der Waals surface area contributed by atoms with Gasteiger partial charge in [-0.15, -0.1) is 0 Å². The lowest BCUT2D eigenvalue weighted by molar-refractivity contribution is -0.174. The fourth-order valence-electron chi connectivity index (χ4n) is 1.67. The second-order valence-electron chi connectivity index (χ2n) is 4.78. The van der Waals surface area contributed by atoms with Crippen molar-refractivity contribution in [1.29, 1.82) is 0 Å². The number of rotatable bonds is 6. The van der Waals surface area contributed by atoms with Crippen molar-refractivity contribution in [2.45, 2.75) is 31.6 Å². The van der Waals surface area contributed by atoms with E-state index in [-0.39, 0.29) is 6.42 Å². The molecule has 0 saturated heterocycles. The number of carbonyl (C=O) groups is 3. The highest BCUT2D eigenvalue weighted by Gasteiger charge is 2.41. The summed E-state index contributed by atoms with van der Waals surface area (Å²) in [5, 5.41) is 12.3. The molecule has 126 valence electrons. The van der Waals surface area contributed by atoms with Crippen molar-refractivity contribution in [3.05, 3.63) is 35.9 Å². The third-order valence-electron chi connectivity index (χ3n) is 2.89. The van der Waals surface area contributed by atoms with Crippen molar-refractivity contribution in [2.75, 3.05) is 0 Å². The molecular formula is C14H15F3N2O4. The molecule has 0 heterocycles. The van der Waals surface area contributed by atoms with E-state index in [1.807, 2.05) is 5.32 Å². The molecule has 2 atom stereocenters. The van der Waals surface area contributed by atoms with E-state index in [0.717, 1.165) is 6.92 Å². The minimum Gasteiger partial charge on any atom is -0.480 e. The van der Waals surface area contributed by atoms with Crippen LogP contribution in [-0.2, 0) is 20.8 Å². The smallest absolute Gasteiger partial charge is 0.471 e. The fourth-order valence-corrected chi connectivity index (χ4v) is 1.67. The minimum atomic E-state index is -5.15. The molecule has 0 radical (unpaired) electrons. The number of hydrogen-bond acceptors (Lipinski definition) is 3. The number of hydrogen-bond donors (Lipinski definition) is 3. The summed E-state index contributed by atoms with van der Waals surface area (Å²) < 4.78 is 37.1. The monoisotopic (exact) mass is 332 g/mol. The van der Waals surface area contributed by atoms with Crippen LogP contribution in [0.5, 0.6) is 0 Å². The molecule has 0 aliphatic heterocycles. The first-order valence-electron chi connectivity index (χ1n) is 6.56. The molecule has 0 spiro atoms. The largest absolute Gasteiger partial charge is 0.480 e. The summed E-state index contributed by atoms with van der Waals surface area (Å²) >= 11 is 0. The Morgan fingerprint density at radius 2 is 1.70 bits per heavy atom. The Labute approximate surface area is 129 Å². The molecule has 0 saturated carbocycles. The number of nitrogens with one attached hydrogen (secondary N) is 2. The van der Waals surface area contributed by atoms with E-state index < -0.39 is 36.0 Å². The third kappa shape index (κ3) is 5.97. The standard InChI is InChI=1S/C14H15F3N2O4/c1-8(12(21)22)18-11(20)10(19-13(23)14(15,16)17)7-9-5-3-2-4-6-9/h2-6,8,10H,7H2,1H3,(H,18,20)(H,19,23)(H,21,22). The van der Waals surface area contributed by atoms with Gasteiger partial charge in [-0.05, 0) is 12.5 Å². The van der Waals surface area contributed by atoms with Crippen molar-refractivity contribution in [1.82, 2.24) is 10.6 Å². The second kappa shape index (κ2) is 7.61. The van der Waals surface area contributed by atoms with Gasteiger partial charge >= 0.3 is 18.1 Å². The number of aliphatic carboxylic acids is 1. The van der Waals surface area contributed by atoms with Crippen molar-refractivity contribution in [2.24, 2.45) is 0 Å². The SMILES string of the molecule is CC(NC(=O)C(Cc1ccccc1)NC(=O)C(F)(F)F)C(=O)O. The van der Waals surface area contributed by atoms with Gasteiger partial charge in [-0.2, -0.15) is 13.2 Å². The van der Waals surface area contributed by atoms with Crippen LogP contribution in [-0.4, -0.2) is 41.2 Å². The average Bonchev–Trinajstić information content (AvgIpc) is 2.46. The van der Waals surface area contributed by atoms with E-state index in [1.165, 1.54) is 0 Å². The topological polar surface area (TPSA) is 95.5 Å². The van der Waals surface area contributed by atoms with Crippen molar-refractivity contribution < 1.29 is 32.7 Å². The molecule has 9 heteroatoms. The Morgan fingerprint density at radius 1 is 1.13 bits per heavy atom. The van der Waals surface area contributed by atoms with Crippen LogP contribution in [0, 0.1) is 0 Å². The number of carboxylic acids is 1. The van der Waals surface area contributed by atoms with Gasteiger partial charge in [-0.3, -0.25) is 14.4 Å². The molecular weight excluding hydrogens is 317 g/mol. The average molecular weight is 332 g/mol. The maximum atomic E-state index is 12.4. The molecule has 0 aliphatic carbocycles. The van der Waals surface area contributed by atoms with Crippen LogP contribution < -0.4 is 10.6 Å². The molecule has 0 bridgehead atoms. The summed E-state index contributed by atoms with van der Waals surface area (Å²) in [4.78, 5) is 33.7. The molecule has 1 rings (SSSR count). The predicted molar refractivity (Wildman–Crippen MR) is 73.4 cm³/mol. The van der Waals surface area contributed by atoms with Crippen molar-refractivity contribution in [3.8, 4) is 0 Å². The predicted octanol–water partition coefficient (Wildman–Crippen LogP) is 0.865. The summed E-state index contributed by atoms with van der Waals surface area (Å²) in [6.07, 6.45) is -5.35. The van der Waals surface area contributed by atoms with Crippen LogP contribution in [0.1, 0.15) is 12.5 Å². The first-order valence-corrected chi connectivity index (χ1v) is 6.56. The van der Waals surface area contributed by atoms with Crippen LogP contribution in [0.25, 0.3) is 0 Å². The van der Waals surface area contributed by atoms with Gasteiger partial charge in [-0.25, -0.2) is 0 Å². The van der Waals surface area contributed by atoms with Crippen LogP contribution in [0.15, 0.2) is 30.3 Å². The molecule has 3 N–H and O–H groups in total. The van der Waals surface area contributed by atoms with Gasteiger partial charge in [0.2, 0.25) is 5.91 Å². The Bertz CT molecular complexity index is 575. The summed E-state index contributed by atoms with van der Waals surface area (Å²) in [6.45, 7) is 1.16. The van der Waals surface area contributed by atoms with Crippen LogP contribution in [0.2, 0.25) is 0 Å². The summed E-state index contributed by atoms with van der Waals surface area (Å²) in [6, 6.07) is 5.21. The van der Waals surface area contributed by atoms with Crippen molar-refractivity contribution >= 4 is 17.8 Å². The fraction of sp³-hybridized carbons (Fsp3) is 0.357. The second-order valence-corrected chi connectivity index (χ2v) is 4.78. The number of carboxylic acid groups (broad SMARTS) is 1. The number of carbonyl (C=O) groups excluding carboxylic acids is 2. The van der Waals surface area contributed by atoms with Gasteiger partial charge in [-0.1, -0.05) is 30.3 Å². The molecule has 2 unspecified atom stereocenters. The van der Waals surface area contributed by atoms with Gasteiger partial charge in [0, 0.05) is 6.42 Å². The summed E-state index contributed by atoms with van der Waals surface area (Å²) in [5.74, 6) is -4.63. The maximum Gasteiger partial charge on any atom is 0.471 e. The molecule has 1 aromatic carbocycles. The Hall–Kier alpha value is -2.58. The van der Waals surface area contributed by atoms with Gasteiger partial charge in [0.15, 0.2) is 0 Å². The molecule has 0 fully saturated rings. The first-order chi connectivity index (χ1) is 10.6. The zero-order valence-corrected chi connectivity index (χ0v) is 12.1. The van der Waals surface area contributed by atoms with Gasteiger partial charge in [0.25, 0.3) is 0 Å². The number of halogens is 3. The zero-order chi connectivity index (χ0) is 17.6. The van der Waals surface area contributed by atoms with E-state index in [4.69, 9.17) is 5.11 Å². The maximum absolute atomic E-state index is 12.4. The molecule has 23 heavy (non-hydrogen) atoms. The first kappa shape index (κ1) is 18.5. The molecule has 1 aromatic rings. The zero-order valence-electron chi connectivity index (χ0n) is 12.1. The van der Waals surface area contributed by atoms with Crippen LogP contribution >= 0.6 is 0 Å². The number of amides is 2. The molecule has 6 nitrogen and oxygen atoms in total. The summed E-state index contributed by atoms with van der Waals surface area (Å²) in [7, 11) is 0. The van der Waals surface area contributed by atoms with Gasteiger partial charge in [0.1, 0.15) is 12.1 Å². The van der Waals surface area contributed by atoms with E-state index in [0.29, 0.717) is 5.56 Å². The van der Waals surface area contributed by atoms with Crippen LogP contribution in [0.3, 0.4) is 0 Å². The number of benzene rings is 1. The lowest BCUT2D eigenvalue weighted by Gasteiger charge is -2.20. The highest BCUT2D eigenvalue weighted by Crippen LogP contribution is 2.15. The van der Waals surface area contributed by atoms with E-state index in [2.05, 4.69) is 0 Å². The van der Waals surface area contributed by atoms with Gasteiger partial charge in [0.05, 0.1) is 0 Å². The van der Waals surface area contributed by atoms with Crippen LogP contribution in [0.4, 0.5) is 13.2 Å². The van der Waals surface area contributed by atoms with E-state index in [9.17, 15) is 27.6 Å². The normalized spacial score (nSPS) is 13.7. The van der Waals surface area contributed by atoms with E-state index in [1.54, 1.807) is 35.6 Å². The molecule has 0 aliphatic rings. The molecule has 2 amide bonds. The Kier molecular flexibility index (Phi) is 6.11. The Morgan fingerprint density at radius 3 is 2.17 bits per heavy atom. The number of alkyl halides is 3. The highest BCUT2D eigenvalue weighted by molar-refractivity contribution is 5.91. The third-order valence-corrected chi connectivity index (χ3v) is 2.89. The summed E-state index contributed by atoms with van der Waals surface area (Å²) in [5.41, 5.74) is 0.512. The quantitative estimate of drug-likeness (QED) is 0.720. The van der Waals surface area contributed by atoms with Crippen molar-refractivity contribution in [3.63, 3.8) is 0 Å². The molecule has 0 aromatic heterocycles. The lowest BCUT2D eigenvalue weighted by Crippen LogP contribution is -2.54. The highest BCUT2D eigenvalue weighted by atomic mass is 19.4. The Balaban J connectivity index is 2.89.